The van der Waals surface area contributed by atoms with E-state index in [2.05, 4.69) is 20.8 Å². The van der Waals surface area contributed by atoms with Crippen LogP contribution < -0.4 is 9.64 Å². The monoisotopic (exact) mass is 422 g/mol. The molecule has 4 nitrogen and oxygen atoms in total. The maximum absolute atomic E-state index is 13.1. The number of thioether (sulfide) groups is 1. The van der Waals surface area contributed by atoms with Crippen LogP contribution in [0.3, 0.4) is 0 Å². The van der Waals surface area contributed by atoms with Crippen molar-refractivity contribution < 1.29 is 14.3 Å². The van der Waals surface area contributed by atoms with Crippen LogP contribution in [0.2, 0.25) is 0 Å². The highest BCUT2D eigenvalue weighted by atomic mass is 32.9. The number of hydrogen-bond donors (Lipinski definition) is 0. The van der Waals surface area contributed by atoms with Gasteiger partial charge >= 0.3 is 10.3 Å². The van der Waals surface area contributed by atoms with Gasteiger partial charge in [0.05, 0.1) is 23.9 Å². The van der Waals surface area contributed by atoms with Crippen LogP contribution in [-0.2, 0) is 15.1 Å². The number of carbonyl (C=O) groups excluding carboxylic acids is 2. The summed E-state index contributed by atoms with van der Waals surface area (Å²) in [5.74, 6) is 0.883. The molecule has 0 N–H and O–H groups in total. The molecule has 2 heterocycles. The number of fused-ring (bicyclic) bond motifs is 3. The quantitative estimate of drug-likeness (QED) is 0.328. The van der Waals surface area contributed by atoms with Gasteiger partial charge in [0.1, 0.15) is 10.6 Å². The summed E-state index contributed by atoms with van der Waals surface area (Å²) in [6, 6.07) is 5.84. The van der Waals surface area contributed by atoms with Gasteiger partial charge < -0.3 is 9.64 Å². The molecule has 1 amide bonds. The van der Waals surface area contributed by atoms with Crippen LogP contribution in [0.25, 0.3) is 11.1 Å². The molecule has 1 aromatic carbocycles. The maximum Gasteiger partial charge on any atom is 0.309 e. The topological polar surface area (TPSA) is 46.6 Å². The number of benzene rings is 1. The number of amides is 1. The highest BCUT2D eigenvalue weighted by molar-refractivity contribution is 8.16. The minimum Gasteiger partial charge on any atom is -0.497 e. The summed E-state index contributed by atoms with van der Waals surface area (Å²) >= 11 is 1.27. The Morgan fingerprint density at radius 1 is 1.33 bits per heavy atom. The molecule has 0 bridgehead atoms. The van der Waals surface area contributed by atoms with Crippen LogP contribution >= 0.6 is 32.4 Å². The molecule has 1 aromatic heterocycles. The average molecular weight is 423 g/mol. The lowest BCUT2D eigenvalue weighted by Crippen LogP contribution is -2.47. The van der Waals surface area contributed by atoms with Gasteiger partial charge in [0.15, 0.2) is 15.5 Å². The molecule has 0 unspecified atom stereocenters. The third-order valence-electron chi connectivity index (χ3n) is 4.69. The third-order valence-corrected chi connectivity index (χ3v) is 8.74. The van der Waals surface area contributed by atoms with E-state index in [1.165, 1.54) is 11.8 Å². The van der Waals surface area contributed by atoms with E-state index in [9.17, 15) is 9.59 Å². The molecular weight excluding hydrogens is 398 g/mol. The van der Waals surface area contributed by atoms with E-state index in [1.807, 2.05) is 23.1 Å². The number of unbranched alkanes of at least 4 members (excludes halogenated alkanes) is 1. The van der Waals surface area contributed by atoms with Crippen molar-refractivity contribution in [1.82, 2.24) is 0 Å². The van der Waals surface area contributed by atoms with Crippen molar-refractivity contribution >= 4 is 49.2 Å². The first-order valence-corrected chi connectivity index (χ1v) is 11.9. The number of hydrogen-bond acceptors (Lipinski definition) is 5. The minimum atomic E-state index is -0.460. The molecule has 144 valence electrons. The van der Waals surface area contributed by atoms with E-state index >= 15 is 0 Å². The van der Waals surface area contributed by atoms with Crippen LogP contribution in [0.5, 0.6) is 5.75 Å². The highest BCUT2D eigenvalue weighted by Gasteiger charge is 2.47. The van der Waals surface area contributed by atoms with Gasteiger partial charge in [-0.1, -0.05) is 13.3 Å². The fourth-order valence-corrected chi connectivity index (χ4v) is 7.86. The first-order valence-electron chi connectivity index (χ1n) is 8.97. The predicted molar refractivity (Wildman–Crippen MR) is 115 cm³/mol. The molecule has 0 atom stereocenters. The zero-order valence-electron chi connectivity index (χ0n) is 16.3. The molecule has 0 spiro atoms. The molecule has 7 heteroatoms. The van der Waals surface area contributed by atoms with Crippen LogP contribution in [0.1, 0.15) is 51.8 Å². The number of rotatable bonds is 5. The van der Waals surface area contributed by atoms with Crippen molar-refractivity contribution in [3.8, 4) is 16.9 Å². The Morgan fingerprint density at radius 3 is 2.70 bits per heavy atom. The van der Waals surface area contributed by atoms with Crippen LogP contribution in [0.4, 0.5) is 5.69 Å². The first-order chi connectivity index (χ1) is 12.8. The van der Waals surface area contributed by atoms with E-state index in [4.69, 9.17) is 4.74 Å². The lowest BCUT2D eigenvalue weighted by atomic mass is 9.87. The van der Waals surface area contributed by atoms with Gasteiger partial charge in [-0.3, -0.25) is 9.59 Å². The number of nitrogens with zero attached hydrogens (tertiary/aromatic N) is 1. The number of ether oxygens (including phenoxy) is 1. The van der Waals surface area contributed by atoms with Crippen molar-refractivity contribution in [3.05, 3.63) is 23.1 Å². The Labute approximate surface area is 171 Å². The van der Waals surface area contributed by atoms with Crippen molar-refractivity contribution in [1.29, 1.82) is 0 Å². The summed E-state index contributed by atoms with van der Waals surface area (Å²) in [6.45, 7) is 7.86. The van der Waals surface area contributed by atoms with Gasteiger partial charge in [0.25, 0.3) is 4.21 Å². The van der Waals surface area contributed by atoms with Gasteiger partial charge in [-0.25, -0.2) is 0 Å². The summed E-state index contributed by atoms with van der Waals surface area (Å²) in [4.78, 5) is 28.0. The first kappa shape index (κ1) is 20.3. The Balaban J connectivity index is 2.22. The zero-order chi connectivity index (χ0) is 19.8. The van der Waals surface area contributed by atoms with Crippen molar-refractivity contribution in [2.75, 3.05) is 12.0 Å². The van der Waals surface area contributed by atoms with Crippen molar-refractivity contribution in [2.45, 2.75) is 56.7 Å². The molecule has 1 aliphatic heterocycles. The molecule has 0 fully saturated rings. The predicted octanol–water partition coefficient (Wildman–Crippen LogP) is 6.18. The fourth-order valence-electron chi connectivity index (χ4n) is 3.42. The molecule has 0 saturated carbocycles. The molecule has 0 radical (unpaired) electrons. The second-order valence-electron chi connectivity index (χ2n) is 7.03. The molecule has 0 saturated heterocycles. The molecule has 0 aliphatic carbocycles. The lowest BCUT2D eigenvalue weighted by molar-refractivity contribution is -0.119. The minimum absolute atomic E-state index is 0.0653. The molecule has 1 aliphatic rings. The lowest BCUT2D eigenvalue weighted by Gasteiger charge is -2.42. The number of carbonyl (C=O) groups is 2. The van der Waals surface area contributed by atoms with E-state index in [1.54, 1.807) is 34.7 Å². The Morgan fingerprint density at radius 2 is 2.07 bits per heavy atom. The van der Waals surface area contributed by atoms with Gasteiger partial charge in [-0.15, -0.1) is 0 Å². The molecule has 3 rings (SSSR count). The van der Waals surface area contributed by atoms with Crippen LogP contribution in [0, 0.1) is 0 Å². The smallest absolute Gasteiger partial charge is 0.309 e. The van der Waals surface area contributed by atoms with Gasteiger partial charge in [0.2, 0.25) is 5.91 Å². The van der Waals surface area contributed by atoms with E-state index in [0.717, 1.165) is 44.5 Å². The Bertz CT molecular complexity index is 889. The average Bonchev–Trinajstić information content (AvgIpc) is 3.03. The number of anilines is 1. The van der Waals surface area contributed by atoms with E-state index in [0.29, 0.717) is 6.42 Å². The summed E-state index contributed by atoms with van der Waals surface area (Å²) in [6.07, 6.45) is 2.40. The van der Waals surface area contributed by atoms with E-state index < -0.39 is 5.54 Å². The third kappa shape index (κ3) is 3.65. The normalized spacial score (nSPS) is 14.5. The molecular formula is C20H24NO3S3+. The standard InChI is InChI=1S/C20H24NO3S3/c1-6-7-8-16(23)21-15-10-9-13(24-5)11-14(15)17-18(20(21,3)4)26-27-19(17)25-12(2)22/h9-11H,6-8H2,1-5H3/q+1. The fraction of sp³-hybridized carbons (Fsp3) is 0.450. The second kappa shape index (κ2) is 7.89. The Kier molecular flexibility index (Phi) is 5.93. The highest BCUT2D eigenvalue weighted by Crippen LogP contribution is 2.56. The number of methoxy groups -OCH3 is 1. The molecule has 2 aromatic rings. The van der Waals surface area contributed by atoms with Gasteiger partial charge in [-0.05, 0) is 38.5 Å². The van der Waals surface area contributed by atoms with Crippen molar-refractivity contribution in [3.63, 3.8) is 0 Å². The van der Waals surface area contributed by atoms with Crippen LogP contribution in [-0.4, -0.2) is 18.1 Å². The summed E-state index contributed by atoms with van der Waals surface area (Å²) < 4.78 is 6.43. The Hall–Kier alpha value is -1.44. The summed E-state index contributed by atoms with van der Waals surface area (Å²) in [5, 5.41) is 0.0653. The maximum atomic E-state index is 13.1. The van der Waals surface area contributed by atoms with Crippen LogP contribution in [0.15, 0.2) is 22.4 Å². The van der Waals surface area contributed by atoms with E-state index in [-0.39, 0.29) is 11.0 Å². The summed E-state index contributed by atoms with van der Waals surface area (Å²) in [7, 11) is 4.91. The van der Waals surface area contributed by atoms with Gasteiger partial charge in [0, 0.05) is 30.7 Å². The largest absolute Gasteiger partial charge is 0.497 e. The molecule has 27 heavy (non-hydrogen) atoms. The SMILES string of the molecule is CCCCC(=O)N1c2ccc(OC)cc2-c2c(s[s+]c2SC(C)=O)C1(C)C. The van der Waals surface area contributed by atoms with Gasteiger partial charge in [-0.2, -0.15) is 0 Å². The zero-order valence-corrected chi connectivity index (χ0v) is 18.7. The van der Waals surface area contributed by atoms with Crippen molar-refractivity contribution in [2.24, 2.45) is 0 Å². The second-order valence-corrected chi connectivity index (χ2v) is 10.6. The summed E-state index contributed by atoms with van der Waals surface area (Å²) in [5.41, 5.74) is 2.47.